The van der Waals surface area contributed by atoms with E-state index in [-0.39, 0.29) is 0 Å². The molecule has 3 nitrogen and oxygen atoms in total. The van der Waals surface area contributed by atoms with E-state index in [0.29, 0.717) is 12.1 Å². The summed E-state index contributed by atoms with van der Waals surface area (Å²) in [5.41, 5.74) is 1.17. The molecule has 4 heteroatoms. The first-order chi connectivity index (χ1) is 10.2. The first-order valence-corrected chi connectivity index (χ1v) is 9.49. The maximum Gasteiger partial charge on any atom is 0.107 e. The van der Waals surface area contributed by atoms with Gasteiger partial charge in [-0.05, 0) is 45.6 Å². The van der Waals surface area contributed by atoms with Gasteiger partial charge in [0.05, 0.1) is 6.54 Å². The van der Waals surface area contributed by atoms with E-state index in [0.717, 1.165) is 12.5 Å². The zero-order valence-electron chi connectivity index (χ0n) is 13.5. The van der Waals surface area contributed by atoms with E-state index < -0.39 is 0 Å². The lowest BCUT2D eigenvalue weighted by Gasteiger charge is -2.34. The number of nitrogens with zero attached hydrogens (tertiary/aromatic N) is 2. The zero-order chi connectivity index (χ0) is 14.7. The maximum absolute atomic E-state index is 4.66. The fraction of sp³-hybridized carbons (Fsp3) is 0.824. The van der Waals surface area contributed by atoms with E-state index in [1.54, 1.807) is 0 Å². The lowest BCUT2D eigenvalue weighted by molar-refractivity contribution is 0.165. The minimum atomic E-state index is 0.662. The van der Waals surface area contributed by atoms with Crippen LogP contribution in [-0.4, -0.2) is 35.1 Å². The second-order valence-electron chi connectivity index (χ2n) is 6.91. The van der Waals surface area contributed by atoms with Gasteiger partial charge in [0.2, 0.25) is 0 Å². The van der Waals surface area contributed by atoms with Crippen LogP contribution in [0.3, 0.4) is 0 Å². The Kier molecular flexibility index (Phi) is 5.30. The van der Waals surface area contributed by atoms with E-state index in [2.05, 4.69) is 34.4 Å². The Morgan fingerprint density at radius 3 is 2.81 bits per heavy atom. The first-order valence-electron chi connectivity index (χ1n) is 8.61. The van der Waals surface area contributed by atoms with Gasteiger partial charge >= 0.3 is 0 Å². The van der Waals surface area contributed by atoms with Crippen LogP contribution in [0.25, 0.3) is 0 Å². The van der Waals surface area contributed by atoms with Gasteiger partial charge < -0.3 is 5.32 Å². The molecule has 3 rings (SSSR count). The van der Waals surface area contributed by atoms with Crippen molar-refractivity contribution >= 4 is 11.3 Å². The van der Waals surface area contributed by atoms with Crippen LogP contribution in [-0.2, 0) is 6.54 Å². The molecule has 0 aromatic carbocycles. The molecule has 0 spiro atoms. The lowest BCUT2D eigenvalue weighted by Crippen LogP contribution is -2.44. The minimum absolute atomic E-state index is 0.662. The summed E-state index contributed by atoms with van der Waals surface area (Å²) in [7, 11) is 0. The average Bonchev–Trinajstić information content (AvgIpc) is 2.81. The van der Waals surface area contributed by atoms with E-state index in [1.165, 1.54) is 62.3 Å². The molecule has 1 N–H and O–H groups in total. The standard InChI is InChI=1S/C17H29N3S/c1-13-12-21-17(19-13)11-20-10-16(18-9-8-14(20)2)15-6-4-3-5-7-15/h12,14-16,18H,3-11H2,1-2H3. The summed E-state index contributed by atoms with van der Waals surface area (Å²) in [6, 6.07) is 1.35. The molecule has 0 radical (unpaired) electrons. The van der Waals surface area contributed by atoms with Crippen LogP contribution >= 0.6 is 11.3 Å². The highest BCUT2D eigenvalue weighted by molar-refractivity contribution is 7.09. The third kappa shape index (κ3) is 4.05. The van der Waals surface area contributed by atoms with Crippen molar-refractivity contribution in [1.82, 2.24) is 15.2 Å². The van der Waals surface area contributed by atoms with Crippen LogP contribution in [0, 0.1) is 12.8 Å². The average molecular weight is 308 g/mol. The van der Waals surface area contributed by atoms with Gasteiger partial charge in [-0.25, -0.2) is 4.98 Å². The molecule has 2 fully saturated rings. The zero-order valence-corrected chi connectivity index (χ0v) is 14.3. The van der Waals surface area contributed by atoms with E-state index in [4.69, 9.17) is 0 Å². The summed E-state index contributed by atoms with van der Waals surface area (Å²) < 4.78 is 0. The predicted molar refractivity (Wildman–Crippen MR) is 89.7 cm³/mol. The third-order valence-electron chi connectivity index (χ3n) is 5.25. The van der Waals surface area contributed by atoms with Gasteiger partial charge in [0.15, 0.2) is 0 Å². The van der Waals surface area contributed by atoms with Crippen molar-refractivity contribution in [3.63, 3.8) is 0 Å². The summed E-state index contributed by atoms with van der Waals surface area (Å²) in [5, 5.41) is 7.30. The Bertz CT molecular complexity index is 439. The quantitative estimate of drug-likeness (QED) is 0.925. The van der Waals surface area contributed by atoms with Crippen molar-refractivity contribution in [2.24, 2.45) is 5.92 Å². The lowest BCUT2D eigenvalue weighted by atomic mass is 9.83. The van der Waals surface area contributed by atoms with Gasteiger partial charge in [0.1, 0.15) is 5.01 Å². The monoisotopic (exact) mass is 307 g/mol. The largest absolute Gasteiger partial charge is 0.312 e. The molecule has 1 saturated carbocycles. The van der Waals surface area contributed by atoms with Gasteiger partial charge in [-0.3, -0.25) is 4.90 Å². The van der Waals surface area contributed by atoms with Gasteiger partial charge in [0.25, 0.3) is 0 Å². The maximum atomic E-state index is 4.66. The summed E-state index contributed by atoms with van der Waals surface area (Å²) in [6.07, 6.45) is 8.43. The van der Waals surface area contributed by atoms with Crippen LogP contribution in [0.1, 0.15) is 56.2 Å². The van der Waals surface area contributed by atoms with Gasteiger partial charge in [-0.15, -0.1) is 11.3 Å². The van der Waals surface area contributed by atoms with Crippen LogP contribution in [0.4, 0.5) is 0 Å². The molecule has 0 bridgehead atoms. The molecular formula is C17H29N3S. The normalized spacial score (nSPS) is 29.4. The molecule has 2 heterocycles. The highest BCUT2D eigenvalue weighted by Crippen LogP contribution is 2.28. The van der Waals surface area contributed by atoms with Crippen molar-refractivity contribution in [2.75, 3.05) is 13.1 Å². The van der Waals surface area contributed by atoms with E-state index in [9.17, 15) is 0 Å². The van der Waals surface area contributed by atoms with Crippen LogP contribution in [0.2, 0.25) is 0 Å². The molecule has 2 aliphatic rings. The molecule has 118 valence electrons. The number of nitrogens with one attached hydrogen (secondary N) is 1. The summed E-state index contributed by atoms with van der Waals surface area (Å²) in [5.74, 6) is 0.893. The fourth-order valence-corrected chi connectivity index (χ4v) is 4.68. The fourth-order valence-electron chi connectivity index (χ4n) is 3.88. The number of hydrogen-bond donors (Lipinski definition) is 1. The van der Waals surface area contributed by atoms with Crippen molar-refractivity contribution in [3.8, 4) is 0 Å². The molecule has 1 aromatic rings. The number of aromatic nitrogens is 1. The number of thiazole rings is 1. The first kappa shape index (κ1) is 15.4. The minimum Gasteiger partial charge on any atom is -0.312 e. The van der Waals surface area contributed by atoms with Gasteiger partial charge in [0, 0.05) is 29.7 Å². The molecule has 0 amide bonds. The molecule has 21 heavy (non-hydrogen) atoms. The van der Waals surface area contributed by atoms with Crippen molar-refractivity contribution in [1.29, 1.82) is 0 Å². The van der Waals surface area contributed by atoms with Crippen molar-refractivity contribution in [2.45, 2.75) is 71.0 Å². The molecular weight excluding hydrogens is 278 g/mol. The van der Waals surface area contributed by atoms with E-state index in [1.807, 2.05) is 11.3 Å². The topological polar surface area (TPSA) is 28.2 Å². The van der Waals surface area contributed by atoms with Gasteiger partial charge in [-0.2, -0.15) is 0 Å². The third-order valence-corrected chi connectivity index (χ3v) is 6.20. The molecule has 1 saturated heterocycles. The highest BCUT2D eigenvalue weighted by Gasteiger charge is 2.29. The Labute approximate surface area is 133 Å². The molecule has 1 aromatic heterocycles. The van der Waals surface area contributed by atoms with Crippen LogP contribution < -0.4 is 5.32 Å². The Hall–Kier alpha value is -0.450. The Morgan fingerprint density at radius 1 is 1.29 bits per heavy atom. The summed E-state index contributed by atoms with van der Waals surface area (Å²) in [6.45, 7) is 7.88. The molecule has 2 unspecified atom stereocenters. The molecule has 1 aliphatic carbocycles. The SMILES string of the molecule is Cc1csc(CN2CC(C3CCCCC3)NCCC2C)n1. The number of rotatable bonds is 3. The predicted octanol–water partition coefficient (Wildman–Crippen LogP) is 3.58. The Morgan fingerprint density at radius 2 is 2.10 bits per heavy atom. The second-order valence-corrected chi connectivity index (χ2v) is 7.85. The number of hydrogen-bond acceptors (Lipinski definition) is 4. The van der Waals surface area contributed by atoms with E-state index >= 15 is 0 Å². The van der Waals surface area contributed by atoms with Crippen LogP contribution in [0.5, 0.6) is 0 Å². The molecule has 1 aliphatic heterocycles. The highest BCUT2D eigenvalue weighted by atomic mass is 32.1. The molecule has 2 atom stereocenters. The summed E-state index contributed by atoms with van der Waals surface area (Å²) in [4.78, 5) is 7.33. The van der Waals surface area contributed by atoms with Crippen molar-refractivity contribution < 1.29 is 0 Å². The summed E-state index contributed by atoms with van der Waals surface area (Å²) >= 11 is 1.82. The number of aryl methyl sites for hydroxylation is 1. The second kappa shape index (κ2) is 7.21. The van der Waals surface area contributed by atoms with Crippen molar-refractivity contribution in [3.05, 3.63) is 16.1 Å². The Balaban J connectivity index is 1.65. The van der Waals surface area contributed by atoms with Crippen LogP contribution in [0.15, 0.2) is 5.38 Å². The smallest absolute Gasteiger partial charge is 0.107 e. The van der Waals surface area contributed by atoms with Gasteiger partial charge in [-0.1, -0.05) is 19.3 Å².